The van der Waals surface area contributed by atoms with E-state index in [0.29, 0.717) is 24.5 Å². The molecule has 0 aromatic heterocycles. The molecule has 0 aliphatic rings. The van der Waals surface area contributed by atoms with Crippen molar-refractivity contribution in [3.8, 4) is 11.5 Å². The number of amides is 1. The molecule has 2 aromatic rings. The maximum absolute atomic E-state index is 12.5. The van der Waals surface area contributed by atoms with Gasteiger partial charge in [-0.05, 0) is 67.8 Å². The van der Waals surface area contributed by atoms with Gasteiger partial charge < -0.3 is 14.8 Å². The number of benzene rings is 2. The van der Waals surface area contributed by atoms with Gasteiger partial charge in [0.1, 0.15) is 18.1 Å². The number of rotatable bonds is 8. The van der Waals surface area contributed by atoms with Crippen LogP contribution in [-0.4, -0.2) is 18.6 Å². The third-order valence-corrected chi connectivity index (χ3v) is 3.63. The standard InChI is InChI=1S/C21H25NO3/c1-5-11-24-18-9-7-17(8-10-18)22-21(23)20(6-2)25-19-13-15(3)12-16(4)14-19/h5,7-10,12-14,20H,1,6,11H2,2-4H3,(H,22,23)/t20-/m0/s1. The monoisotopic (exact) mass is 339 g/mol. The van der Waals surface area contributed by atoms with E-state index in [2.05, 4.69) is 18.0 Å². The summed E-state index contributed by atoms with van der Waals surface area (Å²) in [4.78, 5) is 12.5. The van der Waals surface area contributed by atoms with Crippen molar-refractivity contribution < 1.29 is 14.3 Å². The summed E-state index contributed by atoms with van der Waals surface area (Å²) >= 11 is 0. The number of nitrogens with one attached hydrogen (secondary N) is 1. The number of anilines is 1. The number of aryl methyl sites for hydroxylation is 2. The van der Waals surface area contributed by atoms with Gasteiger partial charge in [-0.25, -0.2) is 0 Å². The van der Waals surface area contributed by atoms with Crippen molar-refractivity contribution in [1.82, 2.24) is 0 Å². The van der Waals surface area contributed by atoms with Crippen molar-refractivity contribution in [1.29, 1.82) is 0 Å². The van der Waals surface area contributed by atoms with Crippen LogP contribution >= 0.6 is 0 Å². The maximum Gasteiger partial charge on any atom is 0.265 e. The fourth-order valence-corrected chi connectivity index (χ4v) is 2.50. The Balaban J connectivity index is 2.00. The van der Waals surface area contributed by atoms with Crippen LogP contribution in [0.1, 0.15) is 24.5 Å². The molecule has 2 aromatic carbocycles. The summed E-state index contributed by atoms with van der Waals surface area (Å²) in [5.41, 5.74) is 2.93. The van der Waals surface area contributed by atoms with Crippen molar-refractivity contribution in [3.63, 3.8) is 0 Å². The van der Waals surface area contributed by atoms with Gasteiger partial charge in [-0.2, -0.15) is 0 Å². The summed E-state index contributed by atoms with van der Waals surface area (Å²) in [6.45, 7) is 10.0. The highest BCUT2D eigenvalue weighted by Gasteiger charge is 2.18. The van der Waals surface area contributed by atoms with E-state index in [1.54, 1.807) is 18.2 Å². The highest BCUT2D eigenvalue weighted by atomic mass is 16.5. The number of hydrogen-bond donors (Lipinski definition) is 1. The molecule has 0 aliphatic heterocycles. The molecule has 1 atom stereocenters. The molecule has 0 saturated carbocycles. The normalized spacial score (nSPS) is 11.5. The lowest BCUT2D eigenvalue weighted by molar-refractivity contribution is -0.122. The number of hydrogen-bond acceptors (Lipinski definition) is 3. The molecule has 0 radical (unpaired) electrons. The van der Waals surface area contributed by atoms with E-state index in [1.165, 1.54) is 0 Å². The van der Waals surface area contributed by atoms with Crippen molar-refractivity contribution in [2.24, 2.45) is 0 Å². The van der Waals surface area contributed by atoms with E-state index < -0.39 is 6.10 Å². The molecule has 0 fully saturated rings. The summed E-state index contributed by atoms with van der Waals surface area (Å²) in [5.74, 6) is 1.28. The molecule has 0 heterocycles. The summed E-state index contributed by atoms with van der Waals surface area (Å²) in [5, 5.41) is 2.89. The molecule has 1 amide bonds. The molecule has 132 valence electrons. The second kappa shape index (κ2) is 8.92. The lowest BCUT2D eigenvalue weighted by atomic mass is 10.1. The fourth-order valence-electron chi connectivity index (χ4n) is 2.50. The Morgan fingerprint density at radius 2 is 1.76 bits per heavy atom. The van der Waals surface area contributed by atoms with Gasteiger partial charge in [0.05, 0.1) is 0 Å². The summed E-state index contributed by atoms with van der Waals surface area (Å²) in [7, 11) is 0. The number of ether oxygens (including phenoxy) is 2. The van der Waals surface area contributed by atoms with Crippen LogP contribution in [0.5, 0.6) is 11.5 Å². The number of carbonyl (C=O) groups is 1. The molecule has 1 N–H and O–H groups in total. The van der Waals surface area contributed by atoms with E-state index in [9.17, 15) is 4.79 Å². The van der Waals surface area contributed by atoms with Crippen molar-refractivity contribution in [2.45, 2.75) is 33.3 Å². The van der Waals surface area contributed by atoms with Gasteiger partial charge in [0.2, 0.25) is 0 Å². The fraction of sp³-hybridized carbons (Fsp3) is 0.286. The van der Waals surface area contributed by atoms with Gasteiger partial charge in [0, 0.05) is 5.69 Å². The summed E-state index contributed by atoms with van der Waals surface area (Å²) in [6.07, 6.45) is 1.73. The van der Waals surface area contributed by atoms with Gasteiger partial charge in [0.15, 0.2) is 6.10 Å². The molecule has 0 saturated heterocycles. The molecule has 2 rings (SSSR count). The van der Waals surface area contributed by atoms with Crippen LogP contribution in [0.3, 0.4) is 0 Å². The largest absolute Gasteiger partial charge is 0.490 e. The zero-order chi connectivity index (χ0) is 18.2. The first-order chi connectivity index (χ1) is 12.0. The van der Waals surface area contributed by atoms with Crippen LogP contribution in [0.15, 0.2) is 55.1 Å². The van der Waals surface area contributed by atoms with E-state index in [1.807, 2.05) is 45.0 Å². The van der Waals surface area contributed by atoms with Crippen LogP contribution < -0.4 is 14.8 Å². The predicted molar refractivity (Wildman–Crippen MR) is 101 cm³/mol. The Labute approximate surface area is 149 Å². The molecule has 4 heteroatoms. The molecule has 0 aliphatic carbocycles. The third kappa shape index (κ3) is 5.68. The predicted octanol–water partition coefficient (Wildman–Crippen LogP) is 4.66. The SMILES string of the molecule is C=CCOc1ccc(NC(=O)[C@H](CC)Oc2cc(C)cc(C)c2)cc1. The lowest BCUT2D eigenvalue weighted by Crippen LogP contribution is -2.32. The van der Waals surface area contributed by atoms with Crippen LogP contribution in [0.2, 0.25) is 0 Å². The molecular weight excluding hydrogens is 314 g/mol. The quantitative estimate of drug-likeness (QED) is 0.711. The highest BCUT2D eigenvalue weighted by Crippen LogP contribution is 2.20. The zero-order valence-corrected chi connectivity index (χ0v) is 15.0. The molecule has 25 heavy (non-hydrogen) atoms. The Kier molecular flexibility index (Phi) is 6.63. The van der Waals surface area contributed by atoms with Gasteiger partial charge in [0.25, 0.3) is 5.91 Å². The average Bonchev–Trinajstić information content (AvgIpc) is 2.58. The molecule has 0 unspecified atom stereocenters. The number of carbonyl (C=O) groups excluding carboxylic acids is 1. The summed E-state index contributed by atoms with van der Waals surface area (Å²) < 4.78 is 11.3. The summed E-state index contributed by atoms with van der Waals surface area (Å²) in [6, 6.07) is 13.2. The smallest absolute Gasteiger partial charge is 0.265 e. The van der Waals surface area contributed by atoms with E-state index >= 15 is 0 Å². The first-order valence-corrected chi connectivity index (χ1v) is 8.41. The zero-order valence-electron chi connectivity index (χ0n) is 15.0. The van der Waals surface area contributed by atoms with Gasteiger partial charge in [-0.1, -0.05) is 25.6 Å². The Morgan fingerprint density at radius 3 is 2.32 bits per heavy atom. The second-order valence-corrected chi connectivity index (χ2v) is 5.95. The maximum atomic E-state index is 12.5. The van der Waals surface area contributed by atoms with Crippen LogP contribution in [0.25, 0.3) is 0 Å². The van der Waals surface area contributed by atoms with Gasteiger partial charge >= 0.3 is 0 Å². The first-order valence-electron chi connectivity index (χ1n) is 8.41. The Bertz CT molecular complexity index is 702. The molecule has 0 bridgehead atoms. The minimum atomic E-state index is -0.544. The van der Waals surface area contributed by atoms with Gasteiger partial charge in [-0.3, -0.25) is 4.79 Å². The van der Waals surface area contributed by atoms with Crippen molar-refractivity contribution in [2.75, 3.05) is 11.9 Å². The Morgan fingerprint density at radius 1 is 1.12 bits per heavy atom. The highest BCUT2D eigenvalue weighted by molar-refractivity contribution is 5.94. The van der Waals surface area contributed by atoms with E-state index in [4.69, 9.17) is 9.47 Å². The Hall–Kier alpha value is -2.75. The van der Waals surface area contributed by atoms with Crippen LogP contribution in [0.4, 0.5) is 5.69 Å². The van der Waals surface area contributed by atoms with E-state index in [0.717, 1.165) is 16.9 Å². The van der Waals surface area contributed by atoms with E-state index in [-0.39, 0.29) is 5.91 Å². The van der Waals surface area contributed by atoms with Crippen LogP contribution in [-0.2, 0) is 4.79 Å². The third-order valence-electron chi connectivity index (χ3n) is 3.63. The average molecular weight is 339 g/mol. The second-order valence-electron chi connectivity index (χ2n) is 5.95. The van der Waals surface area contributed by atoms with Crippen LogP contribution in [0, 0.1) is 13.8 Å². The first kappa shape index (κ1) is 18.6. The van der Waals surface area contributed by atoms with Crippen molar-refractivity contribution in [3.05, 3.63) is 66.2 Å². The minimum Gasteiger partial charge on any atom is -0.490 e. The van der Waals surface area contributed by atoms with Gasteiger partial charge in [-0.15, -0.1) is 0 Å². The minimum absolute atomic E-state index is 0.165. The molecular formula is C21H25NO3. The van der Waals surface area contributed by atoms with Crippen molar-refractivity contribution >= 4 is 11.6 Å². The molecule has 4 nitrogen and oxygen atoms in total. The lowest BCUT2D eigenvalue weighted by Gasteiger charge is -2.18. The topological polar surface area (TPSA) is 47.6 Å². The molecule has 0 spiro atoms.